The van der Waals surface area contributed by atoms with Crippen molar-refractivity contribution in [3.05, 3.63) is 65.4 Å². The number of halogens is 1. The molecule has 158 valence electrons. The first-order valence-corrected chi connectivity index (χ1v) is 10.2. The van der Waals surface area contributed by atoms with E-state index < -0.39 is 6.10 Å². The van der Waals surface area contributed by atoms with Crippen LogP contribution in [0.4, 0.5) is 10.2 Å². The number of nitrogens with two attached hydrogens (primary N) is 1. The van der Waals surface area contributed by atoms with Gasteiger partial charge in [0.1, 0.15) is 11.9 Å². The predicted octanol–water partition coefficient (Wildman–Crippen LogP) is 4.13. The zero-order valence-corrected chi connectivity index (χ0v) is 17.6. The maximum absolute atomic E-state index is 14.3. The Morgan fingerprint density at radius 3 is 2.71 bits per heavy atom. The molecule has 8 heteroatoms. The minimum atomic E-state index is -0.455. The van der Waals surface area contributed by atoms with E-state index in [4.69, 9.17) is 10.5 Å². The van der Waals surface area contributed by atoms with Crippen LogP contribution in [0.25, 0.3) is 22.5 Å². The SMILES string of the molecule is CCn1ncc2c1-c1ccc(F)cc1C(C)Oc1cc(cnc1N)-c1c(cnn1C)C2. The van der Waals surface area contributed by atoms with Gasteiger partial charge in [-0.15, -0.1) is 0 Å². The lowest BCUT2D eigenvalue weighted by atomic mass is 9.94. The van der Waals surface area contributed by atoms with E-state index in [9.17, 15) is 4.39 Å². The van der Waals surface area contributed by atoms with E-state index in [2.05, 4.69) is 15.2 Å². The van der Waals surface area contributed by atoms with E-state index in [0.29, 0.717) is 18.7 Å². The smallest absolute Gasteiger partial charge is 0.166 e. The maximum atomic E-state index is 14.3. The van der Waals surface area contributed by atoms with Crippen molar-refractivity contribution < 1.29 is 9.13 Å². The van der Waals surface area contributed by atoms with Crippen molar-refractivity contribution in [2.75, 3.05) is 5.73 Å². The van der Waals surface area contributed by atoms with Crippen molar-refractivity contribution in [3.8, 4) is 28.3 Å². The highest BCUT2D eigenvalue weighted by Gasteiger charge is 2.24. The van der Waals surface area contributed by atoms with Crippen LogP contribution in [0.5, 0.6) is 5.75 Å². The lowest BCUT2D eigenvalue weighted by Crippen LogP contribution is -2.11. The van der Waals surface area contributed by atoms with Crippen LogP contribution in [0.1, 0.15) is 36.6 Å². The molecule has 2 bridgehead atoms. The molecule has 1 atom stereocenters. The largest absolute Gasteiger partial charge is 0.482 e. The molecule has 0 aliphatic carbocycles. The predicted molar refractivity (Wildman–Crippen MR) is 116 cm³/mol. The lowest BCUT2D eigenvalue weighted by Gasteiger charge is -2.22. The highest BCUT2D eigenvalue weighted by molar-refractivity contribution is 5.72. The fourth-order valence-corrected chi connectivity index (χ4v) is 4.31. The number of hydrogen-bond acceptors (Lipinski definition) is 5. The Kier molecular flexibility index (Phi) is 4.50. The number of fused-ring (bicyclic) bond motifs is 7. The van der Waals surface area contributed by atoms with Gasteiger partial charge in [-0.25, -0.2) is 9.37 Å². The molecule has 2 N–H and O–H groups in total. The minimum Gasteiger partial charge on any atom is -0.482 e. The van der Waals surface area contributed by atoms with Gasteiger partial charge < -0.3 is 10.5 Å². The monoisotopic (exact) mass is 418 g/mol. The molecule has 0 spiro atoms. The third-order valence-corrected chi connectivity index (χ3v) is 5.78. The van der Waals surface area contributed by atoms with Crippen LogP contribution in [0.2, 0.25) is 0 Å². The van der Waals surface area contributed by atoms with Gasteiger partial charge in [-0.2, -0.15) is 10.2 Å². The standard InChI is InChI=1S/C23H23FN6O/c1-4-30-22-15(12-28-30)7-14-11-27-29(3)21(14)16-8-20(23(25)26-10-16)31-13(2)19-9-17(24)5-6-18(19)22/h5-6,8-13H,4,7H2,1-3H3,(H2,25,26). The zero-order valence-electron chi connectivity index (χ0n) is 17.6. The Morgan fingerprint density at radius 2 is 1.90 bits per heavy atom. The first-order chi connectivity index (χ1) is 15.0. The van der Waals surface area contributed by atoms with E-state index in [0.717, 1.165) is 39.2 Å². The average molecular weight is 418 g/mol. The Morgan fingerprint density at radius 1 is 1.13 bits per heavy atom. The molecule has 1 aliphatic heterocycles. The van der Waals surface area contributed by atoms with Gasteiger partial charge in [0, 0.05) is 54.0 Å². The maximum Gasteiger partial charge on any atom is 0.166 e. The van der Waals surface area contributed by atoms with Crippen LogP contribution in [0, 0.1) is 5.82 Å². The summed E-state index contributed by atoms with van der Waals surface area (Å²) in [5, 5.41) is 9.07. The topological polar surface area (TPSA) is 83.8 Å². The molecule has 0 radical (unpaired) electrons. The summed E-state index contributed by atoms with van der Waals surface area (Å²) in [5.74, 6) is 0.422. The van der Waals surface area contributed by atoms with Crippen molar-refractivity contribution in [2.45, 2.75) is 32.9 Å². The molecule has 5 rings (SSSR count). The molecule has 31 heavy (non-hydrogen) atoms. The van der Waals surface area contributed by atoms with Gasteiger partial charge in [-0.3, -0.25) is 9.36 Å². The van der Waals surface area contributed by atoms with Gasteiger partial charge in [-0.1, -0.05) is 0 Å². The third kappa shape index (κ3) is 3.15. The number of rotatable bonds is 1. The molecule has 4 aromatic rings. The molecule has 1 aliphatic rings. The summed E-state index contributed by atoms with van der Waals surface area (Å²) < 4.78 is 24.3. The second-order valence-electron chi connectivity index (χ2n) is 7.75. The highest BCUT2D eigenvalue weighted by atomic mass is 19.1. The summed E-state index contributed by atoms with van der Waals surface area (Å²) in [4.78, 5) is 4.34. The van der Waals surface area contributed by atoms with Crippen LogP contribution in [-0.2, 0) is 20.0 Å². The van der Waals surface area contributed by atoms with Crippen LogP contribution in [-0.4, -0.2) is 24.5 Å². The van der Waals surface area contributed by atoms with Gasteiger partial charge in [-0.05, 0) is 38.1 Å². The fourth-order valence-electron chi connectivity index (χ4n) is 4.31. The van der Waals surface area contributed by atoms with Gasteiger partial charge in [0.25, 0.3) is 0 Å². The summed E-state index contributed by atoms with van der Waals surface area (Å²) in [7, 11) is 1.90. The first-order valence-electron chi connectivity index (χ1n) is 10.2. The zero-order chi connectivity index (χ0) is 21.7. The molecule has 0 amide bonds. The summed E-state index contributed by atoms with van der Waals surface area (Å²) in [5.41, 5.74) is 12.6. The number of benzene rings is 1. The molecule has 0 saturated heterocycles. The number of aryl methyl sites for hydroxylation is 2. The highest BCUT2D eigenvalue weighted by Crippen LogP contribution is 2.38. The van der Waals surface area contributed by atoms with Gasteiger partial charge >= 0.3 is 0 Å². The fraction of sp³-hybridized carbons (Fsp3) is 0.261. The molecular formula is C23H23FN6O. The molecular weight excluding hydrogens is 395 g/mol. The molecule has 0 saturated carbocycles. The average Bonchev–Trinajstić information content (AvgIpc) is 3.32. The quantitative estimate of drug-likeness (QED) is 0.502. The van der Waals surface area contributed by atoms with Crippen LogP contribution in [0.15, 0.2) is 42.9 Å². The second kappa shape index (κ2) is 7.23. The molecule has 1 aromatic carbocycles. The van der Waals surface area contributed by atoms with Crippen molar-refractivity contribution in [2.24, 2.45) is 7.05 Å². The van der Waals surface area contributed by atoms with Crippen molar-refractivity contribution in [3.63, 3.8) is 0 Å². The Labute approximate surface area is 179 Å². The molecule has 4 heterocycles. The molecule has 3 aromatic heterocycles. The van der Waals surface area contributed by atoms with Crippen LogP contribution >= 0.6 is 0 Å². The number of nitrogens with zero attached hydrogens (tertiary/aromatic N) is 5. The van der Waals surface area contributed by atoms with E-state index >= 15 is 0 Å². The number of anilines is 1. The summed E-state index contributed by atoms with van der Waals surface area (Å²) in [6.45, 7) is 4.62. The third-order valence-electron chi connectivity index (χ3n) is 5.78. The Balaban J connectivity index is 1.82. The van der Waals surface area contributed by atoms with E-state index in [-0.39, 0.29) is 11.6 Å². The van der Waals surface area contributed by atoms with E-state index in [1.165, 1.54) is 12.1 Å². The normalized spacial score (nSPS) is 15.2. The number of ether oxygens (including phenoxy) is 1. The number of pyridine rings is 1. The van der Waals surface area contributed by atoms with Gasteiger partial charge in [0.15, 0.2) is 11.6 Å². The van der Waals surface area contributed by atoms with Crippen LogP contribution < -0.4 is 10.5 Å². The first kappa shape index (κ1) is 19.3. The minimum absolute atomic E-state index is 0.286. The summed E-state index contributed by atoms with van der Waals surface area (Å²) in [6, 6.07) is 6.66. The molecule has 7 nitrogen and oxygen atoms in total. The lowest BCUT2D eigenvalue weighted by molar-refractivity contribution is 0.227. The number of aromatic nitrogens is 5. The van der Waals surface area contributed by atoms with Crippen molar-refractivity contribution >= 4 is 5.82 Å². The number of hydrogen-bond donors (Lipinski definition) is 1. The van der Waals surface area contributed by atoms with Crippen molar-refractivity contribution in [1.82, 2.24) is 24.5 Å². The summed E-state index contributed by atoms with van der Waals surface area (Å²) >= 11 is 0. The van der Waals surface area contributed by atoms with E-state index in [1.807, 2.05) is 48.7 Å². The molecule has 1 unspecified atom stereocenters. The van der Waals surface area contributed by atoms with E-state index in [1.54, 1.807) is 12.3 Å². The van der Waals surface area contributed by atoms with Gasteiger partial charge in [0.05, 0.1) is 23.8 Å². The van der Waals surface area contributed by atoms with Gasteiger partial charge in [0.2, 0.25) is 0 Å². The van der Waals surface area contributed by atoms with Crippen LogP contribution in [0.3, 0.4) is 0 Å². The molecule has 0 fully saturated rings. The number of nitrogen functional groups attached to an aromatic ring is 1. The summed E-state index contributed by atoms with van der Waals surface area (Å²) in [6.07, 6.45) is 5.64. The Hall–Kier alpha value is -3.68. The second-order valence-corrected chi connectivity index (χ2v) is 7.75. The Bertz CT molecular complexity index is 1290. The van der Waals surface area contributed by atoms with Crippen molar-refractivity contribution in [1.29, 1.82) is 0 Å².